The topological polar surface area (TPSA) is 29.5 Å². The minimum Gasteiger partial charge on any atom is -0.393 e. The predicted octanol–water partition coefficient (Wildman–Crippen LogP) is 3.46. The van der Waals surface area contributed by atoms with Crippen molar-refractivity contribution in [2.75, 3.05) is 0 Å². The van der Waals surface area contributed by atoms with Crippen molar-refractivity contribution >= 4 is 0 Å². The number of aliphatic hydroxyl groups excluding tert-OH is 1. The summed E-state index contributed by atoms with van der Waals surface area (Å²) < 4.78 is 6.08. The van der Waals surface area contributed by atoms with E-state index < -0.39 is 0 Å². The van der Waals surface area contributed by atoms with Gasteiger partial charge in [0.15, 0.2) is 0 Å². The Morgan fingerprint density at radius 1 is 1.24 bits per heavy atom. The maximum absolute atomic E-state index is 9.93. The third-order valence-corrected chi connectivity index (χ3v) is 3.43. The third kappa shape index (κ3) is 3.55. The van der Waals surface area contributed by atoms with Crippen molar-refractivity contribution in [1.82, 2.24) is 0 Å². The molecule has 0 radical (unpaired) electrons. The van der Waals surface area contributed by atoms with Gasteiger partial charge in [0, 0.05) is 6.42 Å². The number of unbranched alkanes of at least 4 members (excludes halogenated alkanes) is 1. The quantitative estimate of drug-likeness (QED) is 0.864. The maximum Gasteiger partial charge on any atom is 0.0853 e. The zero-order valence-corrected chi connectivity index (χ0v) is 10.5. The van der Waals surface area contributed by atoms with Gasteiger partial charge in [0.2, 0.25) is 0 Å². The zero-order chi connectivity index (χ0) is 12.1. The van der Waals surface area contributed by atoms with Crippen LogP contribution in [0.5, 0.6) is 0 Å². The van der Waals surface area contributed by atoms with Crippen LogP contribution in [0.2, 0.25) is 0 Å². The van der Waals surface area contributed by atoms with E-state index in [-0.39, 0.29) is 18.3 Å². The second-order valence-corrected chi connectivity index (χ2v) is 4.92. The average molecular weight is 234 g/mol. The average Bonchev–Trinajstić information content (AvgIpc) is 2.37. The molecular weight excluding hydrogens is 212 g/mol. The van der Waals surface area contributed by atoms with Gasteiger partial charge in [-0.25, -0.2) is 0 Å². The minimum atomic E-state index is -0.212. The Kier molecular flexibility index (Phi) is 4.57. The lowest BCUT2D eigenvalue weighted by Gasteiger charge is -2.33. The van der Waals surface area contributed by atoms with E-state index in [0.29, 0.717) is 0 Å². The van der Waals surface area contributed by atoms with Crippen LogP contribution in [-0.4, -0.2) is 17.3 Å². The van der Waals surface area contributed by atoms with Crippen LogP contribution >= 0.6 is 0 Å². The van der Waals surface area contributed by atoms with E-state index in [4.69, 9.17) is 4.74 Å². The van der Waals surface area contributed by atoms with Gasteiger partial charge in [-0.1, -0.05) is 50.1 Å². The molecule has 0 unspecified atom stereocenters. The summed E-state index contributed by atoms with van der Waals surface area (Å²) in [7, 11) is 0. The Balaban J connectivity index is 1.98. The van der Waals surface area contributed by atoms with Gasteiger partial charge in [-0.15, -0.1) is 0 Å². The largest absolute Gasteiger partial charge is 0.393 e. The van der Waals surface area contributed by atoms with E-state index in [1.807, 2.05) is 18.2 Å². The van der Waals surface area contributed by atoms with E-state index in [9.17, 15) is 5.11 Å². The van der Waals surface area contributed by atoms with Gasteiger partial charge in [-0.05, 0) is 18.4 Å². The molecule has 2 heteroatoms. The Morgan fingerprint density at radius 3 is 2.71 bits per heavy atom. The Hall–Kier alpha value is -0.860. The smallest absolute Gasteiger partial charge is 0.0853 e. The van der Waals surface area contributed by atoms with Gasteiger partial charge in [0.1, 0.15) is 0 Å². The fourth-order valence-corrected chi connectivity index (χ4v) is 2.49. The van der Waals surface area contributed by atoms with Crippen LogP contribution in [0.25, 0.3) is 0 Å². The van der Waals surface area contributed by atoms with Crippen molar-refractivity contribution in [3.05, 3.63) is 35.9 Å². The van der Waals surface area contributed by atoms with Crippen molar-refractivity contribution in [1.29, 1.82) is 0 Å². The number of hydrogen-bond donors (Lipinski definition) is 1. The Bertz CT molecular complexity index is 323. The van der Waals surface area contributed by atoms with E-state index in [2.05, 4.69) is 19.1 Å². The van der Waals surface area contributed by atoms with E-state index in [1.165, 1.54) is 18.4 Å². The summed E-state index contributed by atoms with van der Waals surface area (Å²) in [5.74, 6) is 0. The summed E-state index contributed by atoms with van der Waals surface area (Å²) in [5.41, 5.74) is 1.19. The molecule has 0 amide bonds. The molecule has 2 rings (SSSR count). The molecule has 2 nitrogen and oxygen atoms in total. The summed E-state index contributed by atoms with van der Waals surface area (Å²) in [4.78, 5) is 0. The lowest BCUT2D eigenvalue weighted by molar-refractivity contribution is -0.100. The maximum atomic E-state index is 9.93. The molecule has 0 bridgehead atoms. The molecule has 0 spiro atoms. The van der Waals surface area contributed by atoms with Crippen molar-refractivity contribution in [3.8, 4) is 0 Å². The van der Waals surface area contributed by atoms with Crippen molar-refractivity contribution < 1.29 is 9.84 Å². The first-order valence-electron chi connectivity index (χ1n) is 6.68. The van der Waals surface area contributed by atoms with Gasteiger partial charge in [0.25, 0.3) is 0 Å². The standard InChI is InChI=1S/C15H22O2/c1-2-3-9-14-10-13(16)11-15(17-14)12-7-5-4-6-8-12/h4-8,13-16H,2-3,9-11H2,1H3/t13-,14+,15+/m0/s1. The zero-order valence-electron chi connectivity index (χ0n) is 10.5. The van der Waals surface area contributed by atoms with Crippen LogP contribution in [0.3, 0.4) is 0 Å². The molecule has 1 N–H and O–H groups in total. The molecule has 1 aromatic rings. The van der Waals surface area contributed by atoms with Crippen molar-refractivity contribution in [2.45, 2.75) is 57.3 Å². The third-order valence-electron chi connectivity index (χ3n) is 3.43. The lowest BCUT2D eigenvalue weighted by Crippen LogP contribution is -2.31. The van der Waals surface area contributed by atoms with Crippen LogP contribution in [0.4, 0.5) is 0 Å². The minimum absolute atomic E-state index is 0.0711. The summed E-state index contributed by atoms with van der Waals surface area (Å²) in [6.07, 6.45) is 5.04. The lowest BCUT2D eigenvalue weighted by atomic mass is 9.94. The normalized spacial score (nSPS) is 29.2. The molecule has 1 aromatic carbocycles. The number of hydrogen-bond acceptors (Lipinski definition) is 2. The van der Waals surface area contributed by atoms with Crippen molar-refractivity contribution in [3.63, 3.8) is 0 Å². The fourth-order valence-electron chi connectivity index (χ4n) is 2.49. The van der Waals surface area contributed by atoms with E-state index >= 15 is 0 Å². The van der Waals surface area contributed by atoms with Crippen LogP contribution in [0, 0.1) is 0 Å². The highest BCUT2D eigenvalue weighted by Gasteiger charge is 2.28. The van der Waals surface area contributed by atoms with Crippen molar-refractivity contribution in [2.24, 2.45) is 0 Å². The summed E-state index contributed by atoms with van der Waals surface area (Å²) in [6, 6.07) is 10.2. The molecule has 1 saturated heterocycles. The van der Waals surface area contributed by atoms with Crippen LogP contribution in [0.15, 0.2) is 30.3 Å². The number of ether oxygens (including phenoxy) is 1. The first kappa shape index (κ1) is 12.6. The van der Waals surface area contributed by atoms with Gasteiger partial charge >= 0.3 is 0 Å². The van der Waals surface area contributed by atoms with Crippen LogP contribution in [0.1, 0.15) is 50.7 Å². The Morgan fingerprint density at radius 2 is 2.00 bits per heavy atom. The van der Waals surface area contributed by atoms with Gasteiger partial charge < -0.3 is 9.84 Å². The highest BCUT2D eigenvalue weighted by Crippen LogP contribution is 2.32. The molecule has 1 heterocycles. The summed E-state index contributed by atoms with van der Waals surface area (Å²) in [5, 5.41) is 9.93. The van der Waals surface area contributed by atoms with Gasteiger partial charge in [-0.2, -0.15) is 0 Å². The molecule has 0 aliphatic carbocycles. The van der Waals surface area contributed by atoms with E-state index in [0.717, 1.165) is 19.3 Å². The molecule has 0 saturated carbocycles. The predicted molar refractivity (Wildman–Crippen MR) is 68.8 cm³/mol. The number of rotatable bonds is 4. The summed E-state index contributed by atoms with van der Waals surface area (Å²) >= 11 is 0. The second kappa shape index (κ2) is 6.18. The fraction of sp³-hybridized carbons (Fsp3) is 0.600. The molecule has 0 aromatic heterocycles. The van der Waals surface area contributed by atoms with Gasteiger partial charge in [0.05, 0.1) is 18.3 Å². The van der Waals surface area contributed by atoms with E-state index in [1.54, 1.807) is 0 Å². The van der Waals surface area contributed by atoms with Gasteiger partial charge in [-0.3, -0.25) is 0 Å². The molecule has 94 valence electrons. The Labute approximate surface area is 104 Å². The molecule has 1 fully saturated rings. The SMILES string of the molecule is CCCC[C@@H]1C[C@H](O)C[C@H](c2ccccc2)O1. The highest BCUT2D eigenvalue weighted by molar-refractivity contribution is 5.18. The number of benzene rings is 1. The molecule has 1 aliphatic heterocycles. The second-order valence-electron chi connectivity index (χ2n) is 4.92. The van der Waals surface area contributed by atoms with Crippen LogP contribution < -0.4 is 0 Å². The first-order chi connectivity index (χ1) is 8.29. The monoisotopic (exact) mass is 234 g/mol. The molecule has 1 aliphatic rings. The highest BCUT2D eigenvalue weighted by atomic mass is 16.5. The molecular formula is C15H22O2. The molecule has 3 atom stereocenters. The van der Waals surface area contributed by atoms with Crippen LogP contribution in [-0.2, 0) is 4.74 Å². The molecule has 17 heavy (non-hydrogen) atoms. The number of aliphatic hydroxyl groups is 1. The summed E-state index contributed by atoms with van der Waals surface area (Å²) in [6.45, 7) is 2.19. The first-order valence-corrected chi connectivity index (χ1v) is 6.68.